The number of carbonyl (C=O) groups is 1. The van der Waals surface area contributed by atoms with Crippen LogP contribution >= 0.6 is 0 Å². The minimum absolute atomic E-state index is 0.0125. The largest absolute Gasteiger partial charge is 0.508 e. The molecule has 1 aliphatic rings. The smallest absolute Gasteiger partial charge is 0.251 e. The molecule has 1 aliphatic heterocycles. The summed E-state index contributed by atoms with van der Waals surface area (Å²) in [6.07, 6.45) is 2.53. The molecular weight excluding hydrogens is 396 g/mol. The lowest BCUT2D eigenvalue weighted by molar-refractivity contribution is -0.119. The Labute approximate surface area is 190 Å². The van der Waals surface area contributed by atoms with Crippen LogP contribution in [0.4, 0.5) is 5.69 Å². The molecular formula is C28H30N2O2. The normalized spacial score (nSPS) is 15.9. The van der Waals surface area contributed by atoms with Gasteiger partial charge in [0.15, 0.2) is 0 Å². The summed E-state index contributed by atoms with van der Waals surface area (Å²) < 4.78 is 0. The van der Waals surface area contributed by atoms with E-state index in [1.165, 1.54) is 11.1 Å². The Morgan fingerprint density at radius 3 is 2.34 bits per heavy atom. The number of anilines is 1. The summed E-state index contributed by atoms with van der Waals surface area (Å²) in [6, 6.07) is 19.2. The standard InChI is InChI=1S/C28H30N2O2/c1-5-20-9-8-19(16-21(20)6-2)17-25-28(32)30(4)26-14-7-18(3)15-24(26)27(29-25)22-10-12-23(31)13-11-22/h7-16,25,31H,5-6,17H2,1-4H3. The first-order chi connectivity index (χ1) is 15.4. The maximum absolute atomic E-state index is 13.5. The van der Waals surface area contributed by atoms with Crippen molar-refractivity contribution in [2.75, 3.05) is 11.9 Å². The molecule has 0 saturated heterocycles. The van der Waals surface area contributed by atoms with Crippen LogP contribution in [0.3, 0.4) is 0 Å². The number of aliphatic imine (C=N–C) groups is 1. The van der Waals surface area contributed by atoms with Gasteiger partial charge < -0.3 is 10.0 Å². The Kier molecular flexibility index (Phi) is 6.13. The molecule has 0 saturated carbocycles. The van der Waals surface area contributed by atoms with Crippen molar-refractivity contribution < 1.29 is 9.90 Å². The van der Waals surface area contributed by atoms with Crippen LogP contribution < -0.4 is 4.90 Å². The van der Waals surface area contributed by atoms with E-state index in [-0.39, 0.29) is 11.7 Å². The highest BCUT2D eigenvalue weighted by molar-refractivity contribution is 6.20. The van der Waals surface area contributed by atoms with Gasteiger partial charge in [-0.15, -0.1) is 0 Å². The number of aromatic hydroxyl groups is 1. The van der Waals surface area contributed by atoms with Gasteiger partial charge in [0.2, 0.25) is 0 Å². The number of hydrogen-bond donors (Lipinski definition) is 1. The first-order valence-electron chi connectivity index (χ1n) is 11.3. The highest BCUT2D eigenvalue weighted by Gasteiger charge is 2.30. The van der Waals surface area contributed by atoms with Crippen molar-refractivity contribution in [2.45, 2.75) is 46.1 Å². The fourth-order valence-electron chi connectivity index (χ4n) is 4.44. The summed E-state index contributed by atoms with van der Waals surface area (Å²) in [5.41, 5.74) is 8.39. The summed E-state index contributed by atoms with van der Waals surface area (Å²) >= 11 is 0. The average Bonchev–Trinajstić information content (AvgIpc) is 2.90. The van der Waals surface area contributed by atoms with E-state index in [4.69, 9.17) is 4.99 Å². The molecule has 1 heterocycles. The molecule has 0 aliphatic carbocycles. The maximum atomic E-state index is 13.5. The van der Waals surface area contributed by atoms with Gasteiger partial charge in [-0.3, -0.25) is 9.79 Å². The Morgan fingerprint density at radius 1 is 0.938 bits per heavy atom. The van der Waals surface area contributed by atoms with Gasteiger partial charge in [0.05, 0.1) is 11.4 Å². The van der Waals surface area contributed by atoms with E-state index < -0.39 is 6.04 Å². The molecule has 0 aromatic heterocycles. The zero-order valence-corrected chi connectivity index (χ0v) is 19.2. The SMILES string of the molecule is CCc1ccc(CC2N=C(c3ccc(O)cc3)c3cc(C)ccc3N(C)C2=O)cc1CC. The summed E-state index contributed by atoms with van der Waals surface area (Å²) in [7, 11) is 1.83. The quantitative estimate of drug-likeness (QED) is 0.606. The lowest BCUT2D eigenvalue weighted by Crippen LogP contribution is -2.36. The number of phenolic OH excluding ortho intramolecular Hbond substituents is 1. The third-order valence-corrected chi connectivity index (χ3v) is 6.27. The van der Waals surface area contributed by atoms with Crippen molar-refractivity contribution in [1.82, 2.24) is 0 Å². The number of likely N-dealkylation sites (N-methyl/N-ethyl adjacent to an activating group) is 1. The molecule has 1 unspecified atom stereocenters. The molecule has 1 atom stereocenters. The van der Waals surface area contributed by atoms with Gasteiger partial charge in [0.1, 0.15) is 11.8 Å². The molecule has 1 amide bonds. The van der Waals surface area contributed by atoms with Crippen LogP contribution in [0.15, 0.2) is 65.7 Å². The predicted molar refractivity (Wildman–Crippen MR) is 131 cm³/mol. The molecule has 0 bridgehead atoms. The lowest BCUT2D eigenvalue weighted by atomic mass is 9.96. The third kappa shape index (κ3) is 4.18. The van der Waals surface area contributed by atoms with Crippen molar-refractivity contribution >= 4 is 17.3 Å². The van der Waals surface area contributed by atoms with E-state index in [1.807, 2.05) is 38.2 Å². The minimum atomic E-state index is -0.520. The number of nitrogens with zero attached hydrogens (tertiary/aromatic N) is 2. The fraction of sp³-hybridized carbons (Fsp3) is 0.286. The van der Waals surface area contributed by atoms with Crippen LogP contribution in [0, 0.1) is 6.92 Å². The van der Waals surface area contributed by atoms with Gasteiger partial charge in [-0.2, -0.15) is 0 Å². The highest BCUT2D eigenvalue weighted by Crippen LogP contribution is 2.30. The zero-order chi connectivity index (χ0) is 22.8. The number of carbonyl (C=O) groups excluding carboxylic acids is 1. The Morgan fingerprint density at radius 2 is 1.66 bits per heavy atom. The molecule has 4 rings (SSSR count). The van der Waals surface area contributed by atoms with Crippen LogP contribution in [0.2, 0.25) is 0 Å². The molecule has 3 aromatic carbocycles. The fourth-order valence-corrected chi connectivity index (χ4v) is 4.44. The highest BCUT2D eigenvalue weighted by atomic mass is 16.3. The van der Waals surface area contributed by atoms with Crippen LogP contribution in [0.1, 0.15) is 47.2 Å². The van der Waals surface area contributed by atoms with Crippen LogP contribution in [-0.4, -0.2) is 29.8 Å². The topological polar surface area (TPSA) is 52.9 Å². The lowest BCUT2D eigenvalue weighted by Gasteiger charge is -2.21. The second-order valence-electron chi connectivity index (χ2n) is 8.47. The molecule has 4 heteroatoms. The van der Waals surface area contributed by atoms with Gasteiger partial charge in [-0.25, -0.2) is 0 Å². The van der Waals surface area contributed by atoms with Crippen molar-refractivity contribution in [2.24, 2.45) is 4.99 Å². The van der Waals surface area contributed by atoms with Gasteiger partial charge in [-0.1, -0.05) is 43.7 Å². The molecule has 0 fully saturated rings. The van der Waals surface area contributed by atoms with E-state index in [0.717, 1.165) is 46.5 Å². The molecule has 164 valence electrons. The number of aryl methyl sites for hydroxylation is 3. The van der Waals surface area contributed by atoms with Gasteiger partial charge >= 0.3 is 0 Å². The first-order valence-corrected chi connectivity index (χ1v) is 11.3. The van der Waals surface area contributed by atoms with Crippen molar-refractivity contribution in [3.63, 3.8) is 0 Å². The number of phenols is 1. The Bertz CT molecular complexity index is 1180. The number of benzene rings is 3. The van der Waals surface area contributed by atoms with Crippen molar-refractivity contribution in [3.05, 3.63) is 94.0 Å². The van der Waals surface area contributed by atoms with E-state index in [1.54, 1.807) is 17.0 Å². The molecule has 0 spiro atoms. The maximum Gasteiger partial charge on any atom is 0.251 e. The summed E-state index contributed by atoms with van der Waals surface area (Å²) in [5, 5.41) is 9.77. The first kappa shape index (κ1) is 21.8. The molecule has 4 nitrogen and oxygen atoms in total. The van der Waals surface area contributed by atoms with E-state index in [2.05, 4.69) is 38.1 Å². The van der Waals surface area contributed by atoms with Crippen LogP contribution in [0.5, 0.6) is 5.75 Å². The summed E-state index contributed by atoms with van der Waals surface area (Å²) in [6.45, 7) is 6.38. The van der Waals surface area contributed by atoms with E-state index in [0.29, 0.717) is 6.42 Å². The van der Waals surface area contributed by atoms with Gasteiger partial charge in [0, 0.05) is 24.6 Å². The number of benzodiazepines with no additional fused rings is 1. The van der Waals surface area contributed by atoms with E-state index in [9.17, 15) is 9.90 Å². The van der Waals surface area contributed by atoms with Crippen molar-refractivity contribution in [3.8, 4) is 5.75 Å². The number of hydrogen-bond acceptors (Lipinski definition) is 3. The van der Waals surface area contributed by atoms with Crippen molar-refractivity contribution in [1.29, 1.82) is 0 Å². The summed E-state index contributed by atoms with van der Waals surface area (Å²) in [5.74, 6) is 0.196. The third-order valence-electron chi connectivity index (χ3n) is 6.27. The Hall–Kier alpha value is -3.40. The number of rotatable bonds is 5. The zero-order valence-electron chi connectivity index (χ0n) is 19.2. The molecule has 3 aromatic rings. The monoisotopic (exact) mass is 426 g/mol. The van der Waals surface area contributed by atoms with Gasteiger partial charge in [0.25, 0.3) is 5.91 Å². The van der Waals surface area contributed by atoms with Gasteiger partial charge in [-0.05, 0) is 72.9 Å². The molecule has 0 radical (unpaired) electrons. The number of amides is 1. The predicted octanol–water partition coefficient (Wildman–Crippen LogP) is 5.25. The second-order valence-corrected chi connectivity index (χ2v) is 8.47. The number of fused-ring (bicyclic) bond motifs is 1. The van der Waals surface area contributed by atoms with Crippen LogP contribution in [0.25, 0.3) is 0 Å². The average molecular weight is 427 g/mol. The van der Waals surface area contributed by atoms with Crippen LogP contribution in [-0.2, 0) is 24.1 Å². The molecule has 1 N–H and O–H groups in total. The summed E-state index contributed by atoms with van der Waals surface area (Å²) in [4.78, 5) is 20.2. The Balaban J connectivity index is 1.82. The second kappa shape index (κ2) is 8.99. The molecule has 32 heavy (non-hydrogen) atoms. The van der Waals surface area contributed by atoms with E-state index >= 15 is 0 Å². The minimum Gasteiger partial charge on any atom is -0.508 e.